The molecule has 1 aliphatic rings. The van der Waals surface area contributed by atoms with E-state index in [0.717, 1.165) is 17.1 Å². The van der Waals surface area contributed by atoms with Crippen LogP contribution in [0.3, 0.4) is 0 Å². The van der Waals surface area contributed by atoms with Gasteiger partial charge in [0.25, 0.3) is 5.95 Å². The van der Waals surface area contributed by atoms with E-state index in [-0.39, 0.29) is 24.8 Å². The normalized spacial score (nSPS) is 15.9. The van der Waals surface area contributed by atoms with Crippen molar-refractivity contribution in [3.63, 3.8) is 0 Å². The SMILES string of the molecule is COc1ccccc1N1CC(C(=O)Nc2cc(C)nn2-c2nc(C)cc(C)n2)CC1=O. The Morgan fingerprint density at radius 1 is 1.10 bits per heavy atom. The van der Waals surface area contributed by atoms with Gasteiger partial charge in [-0.3, -0.25) is 9.59 Å². The maximum atomic E-state index is 13.0. The molecule has 0 aliphatic carbocycles. The van der Waals surface area contributed by atoms with Crippen molar-refractivity contribution in [3.05, 3.63) is 53.5 Å². The first-order valence-electron chi connectivity index (χ1n) is 9.99. The molecule has 3 heterocycles. The van der Waals surface area contributed by atoms with Crippen LogP contribution in [-0.4, -0.2) is 45.2 Å². The van der Waals surface area contributed by atoms with Gasteiger partial charge in [-0.1, -0.05) is 12.1 Å². The molecule has 0 bridgehead atoms. The fourth-order valence-electron chi connectivity index (χ4n) is 3.74. The lowest BCUT2D eigenvalue weighted by Gasteiger charge is -2.19. The first-order chi connectivity index (χ1) is 14.9. The molecule has 1 N–H and O–H groups in total. The molecule has 31 heavy (non-hydrogen) atoms. The highest BCUT2D eigenvalue weighted by atomic mass is 16.5. The number of nitrogens with zero attached hydrogens (tertiary/aromatic N) is 5. The molecule has 3 aromatic rings. The first kappa shape index (κ1) is 20.5. The Bertz CT molecular complexity index is 1140. The third-order valence-electron chi connectivity index (χ3n) is 5.11. The standard InChI is InChI=1S/C22H24N6O3/c1-13-9-14(2)24-22(23-13)28-19(10-15(3)26-28)25-21(30)16-11-20(29)27(12-16)17-7-5-6-8-18(17)31-4/h5-10,16H,11-12H2,1-4H3,(H,25,30). The molecule has 2 amide bonds. The number of methoxy groups -OCH3 is 1. The molecule has 9 heteroatoms. The minimum Gasteiger partial charge on any atom is -0.495 e. The van der Waals surface area contributed by atoms with Crippen molar-refractivity contribution < 1.29 is 14.3 Å². The molecule has 1 atom stereocenters. The summed E-state index contributed by atoms with van der Waals surface area (Å²) in [6.45, 7) is 5.86. The number of hydrogen-bond donors (Lipinski definition) is 1. The van der Waals surface area contributed by atoms with Crippen molar-refractivity contribution in [3.8, 4) is 11.7 Å². The quantitative estimate of drug-likeness (QED) is 0.681. The Morgan fingerprint density at radius 2 is 1.81 bits per heavy atom. The fourth-order valence-corrected chi connectivity index (χ4v) is 3.74. The maximum Gasteiger partial charge on any atom is 0.252 e. The number of aryl methyl sites for hydroxylation is 3. The Balaban J connectivity index is 1.55. The van der Waals surface area contributed by atoms with Gasteiger partial charge in [0.1, 0.15) is 11.6 Å². The van der Waals surface area contributed by atoms with Gasteiger partial charge in [0.05, 0.1) is 24.4 Å². The lowest BCUT2D eigenvalue weighted by atomic mass is 10.1. The summed E-state index contributed by atoms with van der Waals surface area (Å²) in [4.78, 5) is 36.1. The number of para-hydroxylation sites is 2. The van der Waals surface area contributed by atoms with Crippen LogP contribution in [0, 0.1) is 26.7 Å². The number of anilines is 2. The molecule has 1 aliphatic heterocycles. The van der Waals surface area contributed by atoms with Crippen LogP contribution in [0.25, 0.3) is 5.95 Å². The predicted molar refractivity (Wildman–Crippen MR) is 115 cm³/mol. The molecule has 2 aromatic heterocycles. The average Bonchev–Trinajstić information content (AvgIpc) is 3.29. The van der Waals surface area contributed by atoms with E-state index < -0.39 is 5.92 Å². The number of hydrogen-bond acceptors (Lipinski definition) is 6. The summed E-state index contributed by atoms with van der Waals surface area (Å²) in [6, 6.07) is 10.9. The van der Waals surface area contributed by atoms with Crippen molar-refractivity contribution in [2.75, 3.05) is 23.9 Å². The number of aromatic nitrogens is 4. The molecule has 1 fully saturated rings. The molecule has 9 nitrogen and oxygen atoms in total. The highest BCUT2D eigenvalue weighted by Gasteiger charge is 2.36. The Morgan fingerprint density at radius 3 is 2.52 bits per heavy atom. The van der Waals surface area contributed by atoms with E-state index in [0.29, 0.717) is 23.2 Å². The number of carbonyl (C=O) groups is 2. The number of amides is 2. The number of carbonyl (C=O) groups excluding carboxylic acids is 2. The zero-order valence-corrected chi connectivity index (χ0v) is 17.9. The van der Waals surface area contributed by atoms with Gasteiger partial charge in [-0.25, -0.2) is 9.97 Å². The zero-order valence-electron chi connectivity index (χ0n) is 17.9. The van der Waals surface area contributed by atoms with Crippen LogP contribution in [-0.2, 0) is 9.59 Å². The maximum absolute atomic E-state index is 13.0. The number of nitrogens with one attached hydrogen (secondary N) is 1. The van der Waals surface area contributed by atoms with E-state index in [1.54, 1.807) is 24.1 Å². The van der Waals surface area contributed by atoms with E-state index in [1.807, 2.05) is 45.0 Å². The van der Waals surface area contributed by atoms with Gasteiger partial charge in [0.2, 0.25) is 11.8 Å². The van der Waals surface area contributed by atoms with Crippen LogP contribution in [0.2, 0.25) is 0 Å². The molecule has 1 unspecified atom stereocenters. The smallest absolute Gasteiger partial charge is 0.252 e. The zero-order chi connectivity index (χ0) is 22.1. The topological polar surface area (TPSA) is 102 Å². The van der Waals surface area contributed by atoms with Crippen LogP contribution in [0.4, 0.5) is 11.5 Å². The second kappa shape index (κ2) is 8.17. The first-order valence-corrected chi connectivity index (χ1v) is 9.99. The van der Waals surface area contributed by atoms with Gasteiger partial charge in [0, 0.05) is 30.4 Å². The van der Waals surface area contributed by atoms with Crippen LogP contribution < -0.4 is 15.0 Å². The molecule has 0 saturated carbocycles. The van der Waals surface area contributed by atoms with E-state index in [2.05, 4.69) is 20.4 Å². The summed E-state index contributed by atoms with van der Waals surface area (Å²) >= 11 is 0. The van der Waals surface area contributed by atoms with E-state index in [1.165, 1.54) is 4.68 Å². The van der Waals surface area contributed by atoms with Crippen molar-refractivity contribution in [1.82, 2.24) is 19.7 Å². The predicted octanol–water partition coefficient (Wildman–Crippen LogP) is 2.59. The molecular formula is C22H24N6O3. The molecule has 4 rings (SSSR count). The molecule has 1 saturated heterocycles. The van der Waals surface area contributed by atoms with Gasteiger partial charge in [-0.2, -0.15) is 9.78 Å². The third kappa shape index (κ3) is 4.11. The van der Waals surface area contributed by atoms with E-state index in [9.17, 15) is 9.59 Å². The minimum atomic E-state index is -0.499. The number of rotatable bonds is 5. The fraction of sp³-hybridized carbons (Fsp3) is 0.318. The van der Waals surface area contributed by atoms with Gasteiger partial charge >= 0.3 is 0 Å². The molecule has 0 radical (unpaired) electrons. The lowest BCUT2D eigenvalue weighted by molar-refractivity contribution is -0.122. The van der Waals surface area contributed by atoms with Gasteiger partial charge in [0.15, 0.2) is 0 Å². The van der Waals surface area contributed by atoms with Crippen molar-refractivity contribution in [1.29, 1.82) is 0 Å². The summed E-state index contributed by atoms with van der Waals surface area (Å²) < 4.78 is 6.88. The Kier molecular flexibility index (Phi) is 5.41. The molecule has 1 aromatic carbocycles. The number of benzene rings is 1. The average molecular weight is 420 g/mol. The summed E-state index contributed by atoms with van der Waals surface area (Å²) in [6.07, 6.45) is 0.122. The minimum absolute atomic E-state index is 0.119. The van der Waals surface area contributed by atoms with Crippen LogP contribution in [0.5, 0.6) is 5.75 Å². The van der Waals surface area contributed by atoms with Gasteiger partial charge in [-0.05, 0) is 39.0 Å². The summed E-state index contributed by atoms with van der Waals surface area (Å²) in [5.41, 5.74) is 2.99. The molecule has 0 spiro atoms. The van der Waals surface area contributed by atoms with Gasteiger partial charge in [-0.15, -0.1) is 0 Å². The third-order valence-corrected chi connectivity index (χ3v) is 5.11. The van der Waals surface area contributed by atoms with Gasteiger partial charge < -0.3 is 15.0 Å². The second-order valence-corrected chi connectivity index (χ2v) is 7.60. The van der Waals surface area contributed by atoms with Crippen LogP contribution >= 0.6 is 0 Å². The summed E-state index contributed by atoms with van der Waals surface area (Å²) in [5, 5.41) is 7.33. The van der Waals surface area contributed by atoms with E-state index in [4.69, 9.17) is 4.74 Å². The Labute approximate surface area is 180 Å². The highest BCUT2D eigenvalue weighted by molar-refractivity contribution is 6.04. The van der Waals surface area contributed by atoms with Crippen molar-refractivity contribution in [2.45, 2.75) is 27.2 Å². The monoisotopic (exact) mass is 420 g/mol. The number of ether oxygens (including phenoxy) is 1. The van der Waals surface area contributed by atoms with E-state index >= 15 is 0 Å². The largest absolute Gasteiger partial charge is 0.495 e. The van der Waals surface area contributed by atoms with Crippen molar-refractivity contribution >= 4 is 23.3 Å². The van der Waals surface area contributed by atoms with Crippen LogP contribution in [0.15, 0.2) is 36.4 Å². The summed E-state index contributed by atoms with van der Waals surface area (Å²) in [7, 11) is 1.56. The highest BCUT2D eigenvalue weighted by Crippen LogP contribution is 2.33. The molecular weight excluding hydrogens is 396 g/mol. The molecule has 160 valence electrons. The van der Waals surface area contributed by atoms with Crippen LogP contribution in [0.1, 0.15) is 23.5 Å². The lowest BCUT2D eigenvalue weighted by Crippen LogP contribution is -2.29. The Hall–Kier alpha value is -3.75. The summed E-state index contributed by atoms with van der Waals surface area (Å²) in [5.74, 6) is 0.580. The second-order valence-electron chi connectivity index (χ2n) is 7.60. The van der Waals surface area contributed by atoms with Crippen molar-refractivity contribution in [2.24, 2.45) is 5.92 Å².